The Bertz CT molecular complexity index is 2050. The van der Waals surface area contributed by atoms with Gasteiger partial charge < -0.3 is 0 Å². The number of carbonyl (C=O) groups excluding carboxylic acids is 4. The number of amides is 4. The standard InChI is InChI=1S/C34H24F6N2O4/c1-3-5-11-41-29(43)17-9-7-15-26-22(34(38,39)40)14-20-24-18(30(44)42(32(20)46)12-6-4-2)10-8-16(28(24)26)25-21(33(35,36)37)13-19(31(41)45)23(17)27(15)25/h7-10,13-14H,3-6,11-12H2,1-2H3. The third-order valence-corrected chi connectivity index (χ3v) is 9.09. The highest BCUT2D eigenvalue weighted by atomic mass is 19.4. The molecule has 4 amide bonds. The number of unbranched alkanes of at least 4 members (excludes halogenated alkanes) is 2. The van der Waals surface area contributed by atoms with Gasteiger partial charge in [-0.15, -0.1) is 0 Å². The first-order valence-corrected chi connectivity index (χ1v) is 14.9. The number of alkyl halides is 6. The second-order valence-electron chi connectivity index (χ2n) is 11.7. The molecule has 0 aromatic heterocycles. The maximum absolute atomic E-state index is 14.9. The predicted octanol–water partition coefficient (Wildman–Crippen LogP) is 8.57. The van der Waals surface area contributed by atoms with Gasteiger partial charge in [0, 0.05) is 56.9 Å². The van der Waals surface area contributed by atoms with Crippen molar-refractivity contribution in [2.24, 2.45) is 0 Å². The molecule has 0 atom stereocenters. The Morgan fingerprint density at radius 2 is 0.848 bits per heavy atom. The average Bonchev–Trinajstić information content (AvgIpc) is 3.00. The van der Waals surface area contributed by atoms with Crippen LogP contribution in [0.1, 0.15) is 92.1 Å². The first-order chi connectivity index (χ1) is 21.7. The first kappa shape index (κ1) is 29.9. The lowest BCUT2D eigenvalue weighted by atomic mass is 9.79. The van der Waals surface area contributed by atoms with E-state index in [1.165, 1.54) is 24.3 Å². The van der Waals surface area contributed by atoms with E-state index in [1.807, 2.05) is 13.8 Å². The van der Waals surface area contributed by atoms with Crippen molar-refractivity contribution >= 4 is 66.7 Å². The summed E-state index contributed by atoms with van der Waals surface area (Å²) >= 11 is 0. The molecule has 0 saturated heterocycles. The monoisotopic (exact) mass is 638 g/mol. The van der Waals surface area contributed by atoms with E-state index in [4.69, 9.17) is 0 Å². The Morgan fingerprint density at radius 3 is 1.17 bits per heavy atom. The zero-order chi connectivity index (χ0) is 33.0. The molecule has 0 unspecified atom stereocenters. The van der Waals surface area contributed by atoms with Gasteiger partial charge in [-0.3, -0.25) is 29.0 Å². The third-order valence-electron chi connectivity index (χ3n) is 9.09. The van der Waals surface area contributed by atoms with Crippen LogP contribution >= 0.6 is 0 Å². The van der Waals surface area contributed by atoms with E-state index < -0.39 is 69.0 Å². The highest BCUT2D eigenvalue weighted by Crippen LogP contribution is 2.52. The molecule has 5 aromatic carbocycles. The topological polar surface area (TPSA) is 74.8 Å². The number of benzene rings is 5. The summed E-state index contributed by atoms with van der Waals surface area (Å²) in [7, 11) is 0. The normalized spacial score (nSPS) is 15.6. The molecule has 236 valence electrons. The molecule has 0 N–H and O–H groups in total. The molecule has 5 aromatic rings. The summed E-state index contributed by atoms with van der Waals surface area (Å²) in [4.78, 5) is 56.0. The molecule has 12 heteroatoms. The zero-order valence-electron chi connectivity index (χ0n) is 24.5. The van der Waals surface area contributed by atoms with Crippen LogP contribution in [0.5, 0.6) is 0 Å². The van der Waals surface area contributed by atoms with Crippen LogP contribution in [-0.2, 0) is 12.4 Å². The van der Waals surface area contributed by atoms with Gasteiger partial charge in [0.2, 0.25) is 0 Å². The number of hydrogen-bond donors (Lipinski definition) is 0. The molecule has 0 aliphatic carbocycles. The van der Waals surface area contributed by atoms with Crippen LogP contribution in [0, 0.1) is 0 Å². The van der Waals surface area contributed by atoms with Crippen molar-refractivity contribution in [2.45, 2.75) is 51.9 Å². The SMILES string of the molecule is CCCCN1C(=O)c2ccc3c4c(C(F)(F)F)cc5c6c(ccc(c7c(C(F)(F)F)cc(c2c37)C1=O)c64)C(=O)N(CCCC)C5=O. The van der Waals surface area contributed by atoms with E-state index in [0.29, 0.717) is 37.8 Å². The van der Waals surface area contributed by atoms with Crippen LogP contribution in [0.15, 0.2) is 36.4 Å². The molecule has 2 aliphatic heterocycles. The smallest absolute Gasteiger partial charge is 0.274 e. The zero-order valence-corrected chi connectivity index (χ0v) is 24.5. The third kappa shape index (κ3) is 3.91. The van der Waals surface area contributed by atoms with E-state index in [2.05, 4.69) is 0 Å². The quantitative estimate of drug-likeness (QED) is 0.0809. The second kappa shape index (κ2) is 9.88. The van der Waals surface area contributed by atoms with Crippen LogP contribution in [0.4, 0.5) is 26.3 Å². The fraction of sp³-hybridized carbons (Fsp3) is 0.294. The maximum atomic E-state index is 14.9. The minimum Gasteiger partial charge on any atom is -0.274 e. The summed E-state index contributed by atoms with van der Waals surface area (Å²) in [5, 5.41) is -2.51. The Kier molecular flexibility index (Phi) is 6.43. The Morgan fingerprint density at radius 1 is 0.500 bits per heavy atom. The lowest BCUT2D eigenvalue weighted by Gasteiger charge is -2.32. The molecular formula is C34H24F6N2O4. The summed E-state index contributed by atoms with van der Waals surface area (Å²) in [6.07, 6.45) is -8.15. The van der Waals surface area contributed by atoms with Crippen LogP contribution in [-0.4, -0.2) is 46.5 Å². The largest absolute Gasteiger partial charge is 0.417 e. The van der Waals surface area contributed by atoms with Gasteiger partial charge in [0.1, 0.15) is 0 Å². The second-order valence-corrected chi connectivity index (χ2v) is 11.7. The predicted molar refractivity (Wildman–Crippen MR) is 158 cm³/mol. The van der Waals surface area contributed by atoms with Gasteiger partial charge in [-0.1, -0.05) is 38.8 Å². The summed E-state index contributed by atoms with van der Waals surface area (Å²) in [6, 6.07) is 6.11. The molecule has 7 rings (SSSR count). The number of imide groups is 2. The van der Waals surface area contributed by atoms with Gasteiger partial charge in [-0.05, 0) is 58.7 Å². The minimum absolute atomic E-state index is 0.0385. The number of halogens is 6. The molecule has 2 aliphatic rings. The van der Waals surface area contributed by atoms with E-state index in [1.54, 1.807) is 0 Å². The van der Waals surface area contributed by atoms with E-state index in [-0.39, 0.29) is 56.5 Å². The van der Waals surface area contributed by atoms with E-state index >= 15 is 0 Å². The van der Waals surface area contributed by atoms with Crippen molar-refractivity contribution in [3.05, 3.63) is 69.8 Å². The van der Waals surface area contributed by atoms with Crippen LogP contribution in [0.3, 0.4) is 0 Å². The molecule has 0 bridgehead atoms. The molecule has 0 saturated carbocycles. The van der Waals surface area contributed by atoms with Gasteiger partial charge in [-0.25, -0.2) is 0 Å². The van der Waals surface area contributed by atoms with Crippen LogP contribution in [0.25, 0.3) is 43.1 Å². The van der Waals surface area contributed by atoms with E-state index in [0.717, 1.165) is 9.80 Å². The van der Waals surface area contributed by atoms with Crippen molar-refractivity contribution in [3.8, 4) is 0 Å². The van der Waals surface area contributed by atoms with Crippen molar-refractivity contribution < 1.29 is 45.5 Å². The van der Waals surface area contributed by atoms with Crippen molar-refractivity contribution in [3.63, 3.8) is 0 Å². The van der Waals surface area contributed by atoms with Gasteiger partial charge in [-0.2, -0.15) is 26.3 Å². The number of fused-ring (bicyclic) bond motifs is 2. The van der Waals surface area contributed by atoms with Gasteiger partial charge in [0.15, 0.2) is 0 Å². The Labute approximate surface area is 256 Å². The fourth-order valence-corrected chi connectivity index (χ4v) is 7.05. The molecule has 0 radical (unpaired) electrons. The summed E-state index contributed by atoms with van der Waals surface area (Å²) in [6.45, 7) is 3.55. The summed E-state index contributed by atoms with van der Waals surface area (Å²) in [5.41, 5.74) is -3.61. The minimum atomic E-state index is -5.07. The van der Waals surface area contributed by atoms with Crippen molar-refractivity contribution in [2.75, 3.05) is 13.1 Å². The summed E-state index contributed by atoms with van der Waals surface area (Å²) < 4.78 is 89.6. The van der Waals surface area contributed by atoms with Gasteiger partial charge >= 0.3 is 12.4 Å². The lowest BCUT2D eigenvalue weighted by Crippen LogP contribution is -2.41. The number of carbonyl (C=O) groups is 4. The molecule has 0 fully saturated rings. The van der Waals surface area contributed by atoms with E-state index in [9.17, 15) is 45.5 Å². The molecule has 6 nitrogen and oxygen atoms in total. The number of hydrogen-bond acceptors (Lipinski definition) is 4. The summed E-state index contributed by atoms with van der Waals surface area (Å²) in [5.74, 6) is -3.43. The highest BCUT2D eigenvalue weighted by molar-refractivity contribution is 6.42. The number of rotatable bonds is 6. The van der Waals surface area contributed by atoms with Crippen molar-refractivity contribution in [1.82, 2.24) is 9.80 Å². The fourth-order valence-electron chi connectivity index (χ4n) is 7.05. The average molecular weight is 639 g/mol. The molecule has 46 heavy (non-hydrogen) atoms. The van der Waals surface area contributed by atoms with Crippen molar-refractivity contribution in [1.29, 1.82) is 0 Å². The lowest BCUT2D eigenvalue weighted by molar-refractivity contribution is -0.137. The van der Waals surface area contributed by atoms with Crippen LogP contribution < -0.4 is 0 Å². The van der Waals surface area contributed by atoms with Crippen LogP contribution in [0.2, 0.25) is 0 Å². The molecular weight excluding hydrogens is 614 g/mol. The number of nitrogens with zero attached hydrogens (tertiary/aromatic N) is 2. The van der Waals surface area contributed by atoms with Gasteiger partial charge in [0.05, 0.1) is 11.1 Å². The first-order valence-electron chi connectivity index (χ1n) is 14.9. The highest BCUT2D eigenvalue weighted by Gasteiger charge is 2.44. The molecule has 0 spiro atoms. The Balaban J connectivity index is 1.72. The maximum Gasteiger partial charge on any atom is 0.417 e. The van der Waals surface area contributed by atoms with Gasteiger partial charge in [0.25, 0.3) is 23.6 Å². The molecule has 2 heterocycles. The Hall–Kier alpha value is -4.74.